The molecule has 2 fully saturated rings. The maximum absolute atomic E-state index is 14.4. The molecule has 1 aliphatic carbocycles. The van der Waals surface area contributed by atoms with Crippen LogP contribution in [0, 0.1) is 11.2 Å². The summed E-state index contributed by atoms with van der Waals surface area (Å²) in [7, 11) is 0. The lowest BCUT2D eigenvalue weighted by Gasteiger charge is -2.48. The molecule has 1 N–H and O–H groups in total. The summed E-state index contributed by atoms with van der Waals surface area (Å²) < 4.78 is 14.4. The normalized spacial score (nSPS) is 25.1. The van der Waals surface area contributed by atoms with E-state index < -0.39 is 6.04 Å². The Bertz CT molecular complexity index is 908. The van der Waals surface area contributed by atoms with Crippen LogP contribution in [-0.4, -0.2) is 53.8 Å². The Labute approximate surface area is 205 Å². The van der Waals surface area contributed by atoms with Crippen LogP contribution in [0.25, 0.3) is 0 Å². The lowest BCUT2D eigenvalue weighted by molar-refractivity contribution is -0.141. The molecule has 3 aliphatic rings. The van der Waals surface area contributed by atoms with Crippen LogP contribution in [0.5, 0.6) is 0 Å². The van der Waals surface area contributed by atoms with Crippen LogP contribution in [0.15, 0.2) is 18.2 Å². The van der Waals surface area contributed by atoms with Gasteiger partial charge < -0.3 is 15.1 Å². The van der Waals surface area contributed by atoms with Gasteiger partial charge >= 0.3 is 0 Å². The zero-order valence-corrected chi connectivity index (χ0v) is 21.5. The molecule has 1 aromatic carbocycles. The number of rotatable bonds is 4. The Morgan fingerprint density at radius 3 is 2.53 bits per heavy atom. The van der Waals surface area contributed by atoms with E-state index >= 15 is 0 Å². The number of amides is 2. The second-order valence-corrected chi connectivity index (χ2v) is 12.0. The van der Waals surface area contributed by atoms with Gasteiger partial charge in [0.2, 0.25) is 11.8 Å². The second-order valence-electron chi connectivity index (χ2n) is 12.0. The van der Waals surface area contributed by atoms with Crippen molar-refractivity contribution in [2.75, 3.05) is 26.2 Å². The van der Waals surface area contributed by atoms with Crippen molar-refractivity contribution in [2.24, 2.45) is 5.41 Å². The first-order valence-corrected chi connectivity index (χ1v) is 13.2. The number of halogens is 1. The third-order valence-corrected chi connectivity index (χ3v) is 8.39. The molecule has 0 radical (unpaired) electrons. The van der Waals surface area contributed by atoms with E-state index in [1.165, 1.54) is 12.5 Å². The van der Waals surface area contributed by atoms with Gasteiger partial charge in [0.05, 0.1) is 6.04 Å². The average molecular weight is 474 g/mol. The van der Waals surface area contributed by atoms with E-state index in [0.29, 0.717) is 18.4 Å². The van der Waals surface area contributed by atoms with E-state index in [1.54, 1.807) is 17.9 Å². The number of piperidine rings is 2. The summed E-state index contributed by atoms with van der Waals surface area (Å²) in [6.07, 6.45) is 7.69. The number of hydrogen-bond donors (Lipinski definition) is 1. The molecule has 2 aliphatic heterocycles. The van der Waals surface area contributed by atoms with Crippen LogP contribution in [0.2, 0.25) is 0 Å². The highest BCUT2D eigenvalue weighted by Crippen LogP contribution is 2.48. The average Bonchev–Trinajstić information content (AvgIpc) is 2.80. The highest BCUT2D eigenvalue weighted by Gasteiger charge is 2.43. The zero-order valence-electron chi connectivity index (χ0n) is 21.5. The smallest absolute Gasteiger partial charge is 0.243 e. The molecule has 190 valence electrons. The standard InChI is InChI=1S/C28H42FN3O2.H2/c1-20(33)32-15-6-5-7-25(32)26(34)30-24-10-11-28(23-19-21(29)8-9-22(23)24)13-17-31(18-14-28)16-12-27(2,3)4;/h8-9,19,24-25H,5-7,10-18H2,1-4H3,(H,30,34);1H/t24-,25-;/m1./s1. The van der Waals surface area contributed by atoms with Crippen LogP contribution < -0.4 is 5.32 Å². The fraction of sp³-hybridized carbons (Fsp3) is 0.714. The summed E-state index contributed by atoms with van der Waals surface area (Å²) in [6, 6.07) is 4.62. The summed E-state index contributed by atoms with van der Waals surface area (Å²) in [5, 5.41) is 3.25. The fourth-order valence-electron chi connectivity index (χ4n) is 6.22. The van der Waals surface area contributed by atoms with Crippen LogP contribution >= 0.6 is 0 Å². The number of hydrogen-bond acceptors (Lipinski definition) is 3. The van der Waals surface area contributed by atoms with E-state index in [-0.39, 0.29) is 30.5 Å². The molecular formula is C28H44FN3O2. The molecule has 34 heavy (non-hydrogen) atoms. The number of carbonyl (C=O) groups is 2. The number of likely N-dealkylation sites (tertiary alicyclic amines) is 2. The van der Waals surface area contributed by atoms with Gasteiger partial charge in [-0.05, 0) is 105 Å². The molecule has 0 saturated carbocycles. The summed E-state index contributed by atoms with van der Waals surface area (Å²) in [4.78, 5) is 29.6. The van der Waals surface area contributed by atoms with Crippen molar-refractivity contribution in [3.05, 3.63) is 35.1 Å². The molecule has 0 aromatic heterocycles. The highest BCUT2D eigenvalue weighted by atomic mass is 19.1. The Morgan fingerprint density at radius 2 is 1.85 bits per heavy atom. The topological polar surface area (TPSA) is 52.7 Å². The molecule has 6 heteroatoms. The molecule has 1 spiro atoms. The zero-order chi connectivity index (χ0) is 24.5. The number of nitrogens with one attached hydrogen (secondary N) is 1. The van der Waals surface area contributed by atoms with E-state index in [1.807, 2.05) is 6.07 Å². The van der Waals surface area contributed by atoms with Gasteiger partial charge in [-0.3, -0.25) is 9.59 Å². The van der Waals surface area contributed by atoms with E-state index in [2.05, 4.69) is 31.0 Å². The largest absolute Gasteiger partial charge is 0.347 e. The number of benzene rings is 1. The number of carbonyl (C=O) groups excluding carboxylic acids is 2. The summed E-state index contributed by atoms with van der Waals surface area (Å²) in [5.74, 6) is -0.304. The lowest BCUT2D eigenvalue weighted by Crippen LogP contribution is -2.53. The summed E-state index contributed by atoms with van der Waals surface area (Å²) >= 11 is 0. The Kier molecular flexibility index (Phi) is 7.37. The van der Waals surface area contributed by atoms with Gasteiger partial charge in [-0.1, -0.05) is 26.8 Å². The van der Waals surface area contributed by atoms with E-state index in [0.717, 1.165) is 69.3 Å². The van der Waals surface area contributed by atoms with Gasteiger partial charge in [0.15, 0.2) is 0 Å². The van der Waals surface area contributed by atoms with Crippen molar-refractivity contribution < 1.29 is 15.4 Å². The van der Waals surface area contributed by atoms with E-state index in [4.69, 9.17) is 0 Å². The predicted molar refractivity (Wildman–Crippen MR) is 135 cm³/mol. The Hall–Kier alpha value is -1.95. The van der Waals surface area contributed by atoms with Gasteiger partial charge in [0.1, 0.15) is 11.9 Å². The maximum atomic E-state index is 14.4. The van der Waals surface area contributed by atoms with Gasteiger partial charge in [-0.25, -0.2) is 4.39 Å². The van der Waals surface area contributed by atoms with Crippen LogP contribution in [0.1, 0.15) is 97.7 Å². The first kappa shape index (κ1) is 25.2. The molecule has 2 saturated heterocycles. The fourth-order valence-corrected chi connectivity index (χ4v) is 6.22. The third kappa shape index (κ3) is 5.48. The number of fused-ring (bicyclic) bond motifs is 2. The van der Waals surface area contributed by atoms with Crippen molar-refractivity contribution in [2.45, 2.75) is 96.6 Å². The predicted octanol–water partition coefficient (Wildman–Crippen LogP) is 5.19. The number of nitrogens with zero attached hydrogens (tertiary/aromatic N) is 2. The minimum atomic E-state index is -0.392. The van der Waals surface area contributed by atoms with Crippen molar-refractivity contribution in [3.8, 4) is 0 Å². The molecule has 4 rings (SSSR count). The van der Waals surface area contributed by atoms with Crippen molar-refractivity contribution in [1.29, 1.82) is 0 Å². The van der Waals surface area contributed by atoms with Gasteiger partial charge in [0, 0.05) is 14.9 Å². The van der Waals surface area contributed by atoms with Gasteiger partial charge in [0.25, 0.3) is 0 Å². The highest BCUT2D eigenvalue weighted by molar-refractivity contribution is 5.87. The van der Waals surface area contributed by atoms with Gasteiger partial charge in [-0.2, -0.15) is 0 Å². The molecule has 5 nitrogen and oxygen atoms in total. The van der Waals surface area contributed by atoms with Crippen molar-refractivity contribution in [1.82, 2.24) is 15.1 Å². The van der Waals surface area contributed by atoms with Crippen molar-refractivity contribution in [3.63, 3.8) is 0 Å². The monoisotopic (exact) mass is 473 g/mol. The molecule has 2 amide bonds. The molecule has 0 unspecified atom stereocenters. The minimum Gasteiger partial charge on any atom is -0.347 e. The molecular weight excluding hydrogens is 429 g/mol. The first-order chi connectivity index (χ1) is 16.1. The summed E-state index contributed by atoms with van der Waals surface area (Å²) in [6.45, 7) is 12.2. The SMILES string of the molecule is CC(=O)N1CCCC[C@@H]1C(=O)N[C@@H]1CCC2(CCN(CCC(C)(C)C)CC2)c2cc(F)ccc21.[HH]. The molecule has 2 atom stereocenters. The minimum absolute atomic E-state index is 0. The molecule has 2 heterocycles. The second kappa shape index (κ2) is 9.96. The van der Waals surface area contributed by atoms with Crippen LogP contribution in [0.4, 0.5) is 4.39 Å². The van der Waals surface area contributed by atoms with E-state index in [9.17, 15) is 14.0 Å². The Balaban J connectivity index is 0.00000342. The molecule has 1 aromatic rings. The quantitative estimate of drug-likeness (QED) is 0.654. The lowest BCUT2D eigenvalue weighted by atomic mass is 9.63. The van der Waals surface area contributed by atoms with Crippen LogP contribution in [-0.2, 0) is 15.0 Å². The van der Waals surface area contributed by atoms with Crippen molar-refractivity contribution >= 4 is 11.8 Å². The molecule has 0 bridgehead atoms. The Morgan fingerprint density at radius 1 is 1.12 bits per heavy atom. The summed E-state index contributed by atoms with van der Waals surface area (Å²) in [5.41, 5.74) is 2.48. The van der Waals surface area contributed by atoms with Crippen LogP contribution in [0.3, 0.4) is 0 Å². The first-order valence-electron chi connectivity index (χ1n) is 13.2. The third-order valence-electron chi connectivity index (χ3n) is 8.39. The van der Waals surface area contributed by atoms with Gasteiger partial charge in [-0.15, -0.1) is 0 Å². The maximum Gasteiger partial charge on any atom is 0.243 e.